The summed E-state index contributed by atoms with van der Waals surface area (Å²) >= 11 is 0. The van der Waals surface area contributed by atoms with Gasteiger partial charge in [-0.15, -0.1) is 0 Å². The van der Waals surface area contributed by atoms with E-state index in [4.69, 9.17) is 0 Å². The van der Waals surface area contributed by atoms with Crippen LogP contribution in [0.5, 0.6) is 0 Å². The van der Waals surface area contributed by atoms with Crippen molar-refractivity contribution in [1.29, 1.82) is 0 Å². The molecule has 2 heterocycles. The number of rotatable bonds is 5. The molecule has 0 unspecified atom stereocenters. The molecule has 0 aromatic carbocycles. The molecular formula is C19H33N7O. The Kier molecular flexibility index (Phi) is 7.41. The molecule has 1 fully saturated rings. The van der Waals surface area contributed by atoms with Gasteiger partial charge in [-0.2, -0.15) is 0 Å². The van der Waals surface area contributed by atoms with Gasteiger partial charge in [-0.25, -0.2) is 4.98 Å². The standard InChI is InChI=1S/C19H33N7O/c1-19(2,3)24-17(27)14-23-18(20-4)22-13-15-6-7-21-16(12-15)26-10-8-25(5)9-11-26/h6-7,12H,8-11,13-14H2,1-5H3,(H,24,27)(H2,20,22,23). The molecular weight excluding hydrogens is 342 g/mol. The van der Waals surface area contributed by atoms with Crippen LogP contribution in [0.3, 0.4) is 0 Å². The lowest BCUT2D eigenvalue weighted by atomic mass is 10.1. The third-order valence-electron chi connectivity index (χ3n) is 4.25. The molecule has 0 aliphatic carbocycles. The highest BCUT2D eigenvalue weighted by Gasteiger charge is 2.16. The van der Waals surface area contributed by atoms with Gasteiger partial charge >= 0.3 is 0 Å². The minimum Gasteiger partial charge on any atom is -0.354 e. The van der Waals surface area contributed by atoms with E-state index in [0.717, 1.165) is 37.6 Å². The first-order valence-electron chi connectivity index (χ1n) is 9.41. The molecule has 1 aromatic heterocycles. The first-order valence-corrected chi connectivity index (χ1v) is 9.41. The van der Waals surface area contributed by atoms with Gasteiger partial charge in [0.2, 0.25) is 5.91 Å². The van der Waals surface area contributed by atoms with E-state index >= 15 is 0 Å². The summed E-state index contributed by atoms with van der Waals surface area (Å²) in [7, 11) is 3.84. The lowest BCUT2D eigenvalue weighted by Crippen LogP contribution is -2.48. The smallest absolute Gasteiger partial charge is 0.239 e. The molecule has 1 saturated heterocycles. The SMILES string of the molecule is CN=C(NCC(=O)NC(C)(C)C)NCc1ccnc(N2CCN(C)CC2)c1. The van der Waals surface area contributed by atoms with Crippen LogP contribution in [0.2, 0.25) is 0 Å². The molecule has 1 aliphatic rings. The Morgan fingerprint density at radius 1 is 1.22 bits per heavy atom. The highest BCUT2D eigenvalue weighted by Crippen LogP contribution is 2.14. The molecule has 3 N–H and O–H groups in total. The number of pyridine rings is 1. The summed E-state index contributed by atoms with van der Waals surface area (Å²) < 4.78 is 0. The van der Waals surface area contributed by atoms with Gasteiger partial charge in [-0.3, -0.25) is 9.79 Å². The van der Waals surface area contributed by atoms with Crippen LogP contribution in [-0.2, 0) is 11.3 Å². The van der Waals surface area contributed by atoms with Crippen molar-refractivity contribution >= 4 is 17.7 Å². The highest BCUT2D eigenvalue weighted by atomic mass is 16.2. The van der Waals surface area contributed by atoms with Crippen LogP contribution in [-0.4, -0.2) is 74.1 Å². The van der Waals surface area contributed by atoms with Gasteiger partial charge in [-0.05, 0) is 45.5 Å². The second kappa shape index (κ2) is 9.55. The zero-order valence-electron chi connectivity index (χ0n) is 17.2. The van der Waals surface area contributed by atoms with Gasteiger partial charge in [0.1, 0.15) is 5.82 Å². The molecule has 1 amide bonds. The minimum absolute atomic E-state index is 0.0632. The van der Waals surface area contributed by atoms with Crippen LogP contribution in [0.4, 0.5) is 5.82 Å². The van der Waals surface area contributed by atoms with Gasteiger partial charge in [0.25, 0.3) is 0 Å². The molecule has 0 bridgehead atoms. The van der Waals surface area contributed by atoms with Crippen LogP contribution in [0.1, 0.15) is 26.3 Å². The molecule has 1 aliphatic heterocycles. The predicted octanol–water partition coefficient (Wildman–Crippen LogP) is 0.413. The van der Waals surface area contributed by atoms with Gasteiger partial charge < -0.3 is 25.8 Å². The summed E-state index contributed by atoms with van der Waals surface area (Å²) in [5.41, 5.74) is 0.882. The minimum atomic E-state index is -0.244. The number of guanidine groups is 1. The van der Waals surface area contributed by atoms with Crippen molar-refractivity contribution < 1.29 is 4.79 Å². The maximum Gasteiger partial charge on any atom is 0.239 e. The topological polar surface area (TPSA) is 84.9 Å². The van der Waals surface area contributed by atoms with Gasteiger partial charge in [0, 0.05) is 51.5 Å². The summed E-state index contributed by atoms with van der Waals surface area (Å²) in [4.78, 5) is 25.2. The average Bonchev–Trinajstić information content (AvgIpc) is 2.61. The number of nitrogens with zero attached hydrogens (tertiary/aromatic N) is 4. The van der Waals surface area contributed by atoms with Crippen LogP contribution >= 0.6 is 0 Å². The Hall–Kier alpha value is -2.35. The van der Waals surface area contributed by atoms with E-state index in [-0.39, 0.29) is 18.0 Å². The first-order chi connectivity index (χ1) is 12.8. The van der Waals surface area contributed by atoms with E-state index in [9.17, 15) is 4.79 Å². The maximum absolute atomic E-state index is 11.9. The van der Waals surface area contributed by atoms with Crippen molar-refractivity contribution in [1.82, 2.24) is 25.8 Å². The first kappa shape index (κ1) is 21.0. The summed E-state index contributed by atoms with van der Waals surface area (Å²) in [6, 6.07) is 4.10. The molecule has 1 aromatic rings. The van der Waals surface area contributed by atoms with Crippen LogP contribution in [0, 0.1) is 0 Å². The number of aromatic nitrogens is 1. The lowest BCUT2D eigenvalue weighted by Gasteiger charge is -2.33. The van der Waals surface area contributed by atoms with Crippen molar-refractivity contribution in [3.05, 3.63) is 23.9 Å². The van der Waals surface area contributed by atoms with Crippen molar-refractivity contribution in [2.24, 2.45) is 4.99 Å². The summed E-state index contributed by atoms with van der Waals surface area (Å²) in [5, 5.41) is 9.20. The molecule has 0 spiro atoms. The van der Waals surface area contributed by atoms with Gasteiger partial charge in [-0.1, -0.05) is 0 Å². The second-order valence-corrected chi connectivity index (χ2v) is 7.89. The quantitative estimate of drug-likeness (QED) is 0.511. The van der Waals surface area contributed by atoms with Crippen molar-refractivity contribution in [2.75, 3.05) is 51.7 Å². The summed E-state index contributed by atoms with van der Waals surface area (Å²) in [5.74, 6) is 1.54. The number of piperazine rings is 1. The second-order valence-electron chi connectivity index (χ2n) is 7.89. The zero-order chi connectivity index (χ0) is 19.9. The number of hydrogen-bond donors (Lipinski definition) is 3. The fourth-order valence-corrected chi connectivity index (χ4v) is 2.81. The summed E-state index contributed by atoms with van der Waals surface area (Å²) in [6.07, 6.45) is 1.84. The number of nitrogens with one attached hydrogen (secondary N) is 3. The normalized spacial score (nSPS) is 16.2. The van der Waals surface area contributed by atoms with E-state index in [2.05, 4.69) is 48.8 Å². The molecule has 150 valence electrons. The van der Waals surface area contributed by atoms with E-state index in [1.165, 1.54) is 0 Å². The number of anilines is 1. The fourth-order valence-electron chi connectivity index (χ4n) is 2.81. The number of carbonyl (C=O) groups is 1. The lowest BCUT2D eigenvalue weighted by molar-refractivity contribution is -0.121. The van der Waals surface area contributed by atoms with Crippen LogP contribution < -0.4 is 20.9 Å². The molecule has 0 radical (unpaired) electrons. The molecule has 8 heteroatoms. The van der Waals surface area contributed by atoms with E-state index in [0.29, 0.717) is 12.5 Å². The Labute approximate surface area is 162 Å². The molecule has 27 heavy (non-hydrogen) atoms. The average molecular weight is 376 g/mol. The maximum atomic E-state index is 11.9. The molecule has 0 saturated carbocycles. The van der Waals surface area contributed by atoms with Crippen LogP contribution in [0.15, 0.2) is 23.3 Å². The number of hydrogen-bond acceptors (Lipinski definition) is 5. The number of carbonyl (C=O) groups excluding carboxylic acids is 1. The fraction of sp³-hybridized carbons (Fsp3) is 0.632. The van der Waals surface area contributed by atoms with E-state index in [1.807, 2.05) is 33.0 Å². The van der Waals surface area contributed by atoms with E-state index < -0.39 is 0 Å². The Balaban J connectivity index is 1.84. The monoisotopic (exact) mass is 375 g/mol. The van der Waals surface area contributed by atoms with Gasteiger partial charge in [0.05, 0.1) is 6.54 Å². The molecule has 2 rings (SSSR count). The third kappa shape index (κ3) is 7.42. The van der Waals surface area contributed by atoms with Crippen LogP contribution in [0.25, 0.3) is 0 Å². The van der Waals surface area contributed by atoms with Crippen molar-refractivity contribution in [3.63, 3.8) is 0 Å². The van der Waals surface area contributed by atoms with Crippen molar-refractivity contribution in [2.45, 2.75) is 32.9 Å². The molecule has 8 nitrogen and oxygen atoms in total. The Bertz CT molecular complexity index is 646. The third-order valence-corrected chi connectivity index (χ3v) is 4.25. The Morgan fingerprint density at radius 2 is 1.93 bits per heavy atom. The largest absolute Gasteiger partial charge is 0.354 e. The molecule has 0 atom stereocenters. The Morgan fingerprint density at radius 3 is 2.56 bits per heavy atom. The number of likely N-dealkylation sites (N-methyl/N-ethyl adjacent to an activating group) is 1. The predicted molar refractivity (Wildman–Crippen MR) is 110 cm³/mol. The van der Waals surface area contributed by atoms with E-state index in [1.54, 1.807) is 7.05 Å². The van der Waals surface area contributed by atoms with Crippen molar-refractivity contribution in [3.8, 4) is 0 Å². The highest BCUT2D eigenvalue weighted by molar-refractivity contribution is 5.86. The number of amides is 1. The summed E-state index contributed by atoms with van der Waals surface area (Å²) in [6.45, 7) is 10.8. The zero-order valence-corrected chi connectivity index (χ0v) is 17.2. The number of aliphatic imine (C=N–C) groups is 1. The van der Waals surface area contributed by atoms with Gasteiger partial charge in [0.15, 0.2) is 5.96 Å².